The molecule has 1 aliphatic rings. The predicted octanol–water partition coefficient (Wildman–Crippen LogP) is 3.17. The summed E-state index contributed by atoms with van der Waals surface area (Å²) < 4.78 is 0. The van der Waals surface area contributed by atoms with Gasteiger partial charge in [-0.1, -0.05) is 41.0 Å². The lowest BCUT2D eigenvalue weighted by Gasteiger charge is -2.14. The molecule has 0 saturated heterocycles. The molecule has 1 rings (SSSR count). The van der Waals surface area contributed by atoms with Crippen LogP contribution in [0.3, 0.4) is 0 Å². The fourth-order valence-electron chi connectivity index (χ4n) is 3.13. The molecule has 0 radical (unpaired) electrons. The molecule has 1 unspecified atom stereocenters. The lowest BCUT2D eigenvalue weighted by atomic mass is 9.97. The summed E-state index contributed by atoms with van der Waals surface area (Å²) in [6, 6.07) is 0.699. The SMILES string of the molecule is CCC(CCN)CCCNC1C(C)(C)C1(C)C. The van der Waals surface area contributed by atoms with E-state index < -0.39 is 0 Å². The van der Waals surface area contributed by atoms with Crippen molar-refractivity contribution in [1.29, 1.82) is 0 Å². The Morgan fingerprint density at radius 2 is 1.71 bits per heavy atom. The van der Waals surface area contributed by atoms with Crippen LogP contribution in [-0.2, 0) is 0 Å². The summed E-state index contributed by atoms with van der Waals surface area (Å²) in [4.78, 5) is 0. The summed E-state index contributed by atoms with van der Waals surface area (Å²) >= 11 is 0. The second kappa shape index (κ2) is 5.71. The Kier molecular flexibility index (Phi) is 5.03. The smallest absolute Gasteiger partial charge is 0.0181 e. The van der Waals surface area contributed by atoms with Gasteiger partial charge in [-0.3, -0.25) is 0 Å². The van der Waals surface area contributed by atoms with Crippen LogP contribution in [0.4, 0.5) is 0 Å². The van der Waals surface area contributed by atoms with Crippen LogP contribution in [0.5, 0.6) is 0 Å². The van der Waals surface area contributed by atoms with Crippen molar-refractivity contribution in [2.75, 3.05) is 13.1 Å². The van der Waals surface area contributed by atoms with Crippen LogP contribution in [0.15, 0.2) is 0 Å². The van der Waals surface area contributed by atoms with E-state index >= 15 is 0 Å². The summed E-state index contributed by atoms with van der Waals surface area (Å²) in [5.74, 6) is 0.835. The molecule has 0 aromatic carbocycles. The molecular weight excluding hydrogens is 208 g/mol. The molecule has 0 aliphatic heterocycles. The molecule has 0 bridgehead atoms. The van der Waals surface area contributed by atoms with E-state index in [1.54, 1.807) is 0 Å². The van der Waals surface area contributed by atoms with Gasteiger partial charge in [0.05, 0.1) is 0 Å². The van der Waals surface area contributed by atoms with E-state index in [1.807, 2.05) is 0 Å². The van der Waals surface area contributed by atoms with Crippen molar-refractivity contribution in [3.8, 4) is 0 Å². The number of hydrogen-bond donors (Lipinski definition) is 2. The summed E-state index contributed by atoms with van der Waals surface area (Å²) in [5, 5.41) is 3.73. The van der Waals surface area contributed by atoms with E-state index in [1.165, 1.54) is 32.2 Å². The summed E-state index contributed by atoms with van der Waals surface area (Å²) in [6.07, 6.45) is 5.09. The minimum absolute atomic E-state index is 0.467. The van der Waals surface area contributed by atoms with Crippen LogP contribution in [0.1, 0.15) is 60.3 Å². The fraction of sp³-hybridized carbons (Fsp3) is 1.00. The van der Waals surface area contributed by atoms with Crippen LogP contribution >= 0.6 is 0 Å². The van der Waals surface area contributed by atoms with Gasteiger partial charge in [0.25, 0.3) is 0 Å². The highest BCUT2D eigenvalue weighted by molar-refractivity contribution is 5.17. The van der Waals surface area contributed by atoms with Gasteiger partial charge in [-0.2, -0.15) is 0 Å². The second-order valence-corrected chi connectivity index (χ2v) is 6.82. The van der Waals surface area contributed by atoms with Gasteiger partial charge in [0, 0.05) is 6.04 Å². The molecule has 3 N–H and O–H groups in total. The van der Waals surface area contributed by atoms with Gasteiger partial charge < -0.3 is 11.1 Å². The Labute approximate surface area is 108 Å². The zero-order chi connectivity index (χ0) is 13.1. The minimum atomic E-state index is 0.467. The molecule has 0 aromatic rings. The maximum Gasteiger partial charge on any atom is 0.0181 e. The monoisotopic (exact) mass is 240 g/mol. The van der Waals surface area contributed by atoms with E-state index in [0.717, 1.165) is 12.5 Å². The molecular formula is C15H32N2. The molecule has 0 heterocycles. The Morgan fingerprint density at radius 1 is 1.12 bits per heavy atom. The van der Waals surface area contributed by atoms with Crippen molar-refractivity contribution in [2.45, 2.75) is 66.3 Å². The van der Waals surface area contributed by atoms with Crippen LogP contribution in [-0.4, -0.2) is 19.1 Å². The maximum absolute atomic E-state index is 5.62. The first-order chi connectivity index (χ1) is 7.87. The number of nitrogens with two attached hydrogens (primary N) is 1. The molecule has 0 amide bonds. The Morgan fingerprint density at radius 3 is 2.12 bits per heavy atom. The Balaban J connectivity index is 2.14. The summed E-state index contributed by atoms with van der Waals surface area (Å²) in [7, 11) is 0. The normalized spacial score (nSPS) is 23.6. The summed E-state index contributed by atoms with van der Waals surface area (Å²) in [5.41, 5.74) is 6.56. The topological polar surface area (TPSA) is 38.0 Å². The molecule has 17 heavy (non-hydrogen) atoms. The van der Waals surface area contributed by atoms with Crippen LogP contribution in [0, 0.1) is 16.7 Å². The van der Waals surface area contributed by atoms with Crippen molar-refractivity contribution in [3.63, 3.8) is 0 Å². The third-order valence-electron chi connectivity index (χ3n) is 5.31. The van der Waals surface area contributed by atoms with Gasteiger partial charge in [0.15, 0.2) is 0 Å². The average molecular weight is 240 g/mol. The Hall–Kier alpha value is -0.0800. The highest BCUT2D eigenvalue weighted by Crippen LogP contribution is 2.62. The fourth-order valence-corrected chi connectivity index (χ4v) is 3.13. The molecule has 0 aromatic heterocycles. The number of hydrogen-bond acceptors (Lipinski definition) is 2. The number of nitrogens with one attached hydrogen (secondary N) is 1. The first-order valence-electron chi connectivity index (χ1n) is 7.31. The predicted molar refractivity (Wildman–Crippen MR) is 76.0 cm³/mol. The van der Waals surface area contributed by atoms with E-state index in [0.29, 0.717) is 16.9 Å². The van der Waals surface area contributed by atoms with Gasteiger partial charge in [-0.15, -0.1) is 0 Å². The van der Waals surface area contributed by atoms with Crippen LogP contribution in [0.2, 0.25) is 0 Å². The third-order valence-corrected chi connectivity index (χ3v) is 5.31. The molecule has 0 spiro atoms. The molecule has 1 fully saturated rings. The van der Waals surface area contributed by atoms with Gasteiger partial charge in [0.2, 0.25) is 0 Å². The van der Waals surface area contributed by atoms with Gasteiger partial charge in [-0.25, -0.2) is 0 Å². The first-order valence-corrected chi connectivity index (χ1v) is 7.31. The van der Waals surface area contributed by atoms with E-state index in [2.05, 4.69) is 39.9 Å². The van der Waals surface area contributed by atoms with Gasteiger partial charge in [-0.05, 0) is 49.1 Å². The molecule has 1 atom stereocenters. The van der Waals surface area contributed by atoms with Crippen molar-refractivity contribution >= 4 is 0 Å². The van der Waals surface area contributed by atoms with Crippen LogP contribution < -0.4 is 11.1 Å². The molecule has 1 saturated carbocycles. The van der Waals surface area contributed by atoms with Crippen LogP contribution in [0.25, 0.3) is 0 Å². The highest BCUT2D eigenvalue weighted by Gasteiger charge is 2.64. The molecule has 2 nitrogen and oxygen atoms in total. The quantitative estimate of drug-likeness (QED) is 0.640. The van der Waals surface area contributed by atoms with Gasteiger partial charge in [0.1, 0.15) is 0 Å². The van der Waals surface area contributed by atoms with Crippen molar-refractivity contribution < 1.29 is 0 Å². The minimum Gasteiger partial charge on any atom is -0.330 e. The third kappa shape index (κ3) is 3.23. The number of rotatable bonds is 8. The lowest BCUT2D eigenvalue weighted by molar-refractivity contribution is 0.416. The van der Waals surface area contributed by atoms with Crippen molar-refractivity contribution in [1.82, 2.24) is 5.32 Å². The standard InChI is InChI=1S/C15H32N2/c1-6-12(9-10-16)8-7-11-17-13-14(2,3)15(13,4)5/h12-13,17H,6-11,16H2,1-5H3. The molecule has 102 valence electrons. The lowest BCUT2D eigenvalue weighted by Crippen LogP contribution is -2.24. The van der Waals surface area contributed by atoms with Crippen molar-refractivity contribution in [3.05, 3.63) is 0 Å². The zero-order valence-corrected chi connectivity index (χ0v) is 12.5. The van der Waals surface area contributed by atoms with Crippen molar-refractivity contribution in [2.24, 2.45) is 22.5 Å². The van der Waals surface area contributed by atoms with Gasteiger partial charge >= 0.3 is 0 Å². The zero-order valence-electron chi connectivity index (χ0n) is 12.5. The second-order valence-electron chi connectivity index (χ2n) is 6.82. The van der Waals surface area contributed by atoms with E-state index in [4.69, 9.17) is 5.73 Å². The molecule has 2 heteroatoms. The first kappa shape index (κ1) is 15.0. The molecule has 1 aliphatic carbocycles. The summed E-state index contributed by atoms with van der Waals surface area (Å²) in [6.45, 7) is 13.8. The maximum atomic E-state index is 5.62. The average Bonchev–Trinajstić information content (AvgIpc) is 2.64. The Bertz CT molecular complexity index is 219. The highest BCUT2D eigenvalue weighted by atomic mass is 15.0. The van der Waals surface area contributed by atoms with E-state index in [-0.39, 0.29) is 0 Å². The van der Waals surface area contributed by atoms with E-state index in [9.17, 15) is 0 Å². The largest absolute Gasteiger partial charge is 0.330 e.